The van der Waals surface area contributed by atoms with Crippen molar-refractivity contribution >= 4 is 23.2 Å². The second-order valence-electron chi connectivity index (χ2n) is 7.71. The Kier molecular flexibility index (Phi) is 7.31. The standard InChI is InChI=1S/C22H29N3O4S/c1-14(2)22(27)25-9-7-16(8-10-25)23-20(26)12-17-13-30-21(24-17)15-5-6-18(28-3)19(11-15)29-4/h5-6,11,13-14,16H,7-10,12H2,1-4H3,(H,23,26). The third-order valence-corrected chi connectivity index (χ3v) is 6.13. The molecule has 0 bridgehead atoms. The van der Waals surface area contributed by atoms with Gasteiger partial charge in [0.25, 0.3) is 0 Å². The number of amides is 2. The SMILES string of the molecule is COc1ccc(-c2nc(CC(=O)NC3CCN(C(=O)C(C)C)CC3)cs2)cc1OC. The number of nitrogens with one attached hydrogen (secondary N) is 1. The van der Waals surface area contributed by atoms with Crippen molar-refractivity contribution in [2.45, 2.75) is 39.2 Å². The quantitative estimate of drug-likeness (QED) is 0.729. The van der Waals surface area contributed by atoms with E-state index in [0.29, 0.717) is 24.6 Å². The molecule has 0 saturated carbocycles. The second-order valence-corrected chi connectivity index (χ2v) is 8.57. The minimum absolute atomic E-state index is 0.0145. The molecule has 1 N–H and O–H groups in total. The zero-order valence-electron chi connectivity index (χ0n) is 17.9. The van der Waals surface area contributed by atoms with Crippen molar-refractivity contribution in [3.8, 4) is 22.1 Å². The van der Waals surface area contributed by atoms with Crippen molar-refractivity contribution in [3.63, 3.8) is 0 Å². The number of ether oxygens (including phenoxy) is 2. The van der Waals surface area contributed by atoms with Gasteiger partial charge in [-0.1, -0.05) is 13.8 Å². The molecule has 0 unspecified atom stereocenters. The van der Waals surface area contributed by atoms with E-state index in [9.17, 15) is 9.59 Å². The van der Waals surface area contributed by atoms with Crippen molar-refractivity contribution in [1.82, 2.24) is 15.2 Å². The summed E-state index contributed by atoms with van der Waals surface area (Å²) in [6.07, 6.45) is 1.82. The molecule has 1 aromatic carbocycles. The zero-order chi connectivity index (χ0) is 21.7. The summed E-state index contributed by atoms with van der Waals surface area (Å²) in [5.41, 5.74) is 1.67. The summed E-state index contributed by atoms with van der Waals surface area (Å²) in [7, 11) is 3.20. The van der Waals surface area contributed by atoms with Crippen molar-refractivity contribution in [2.75, 3.05) is 27.3 Å². The Hall–Kier alpha value is -2.61. The van der Waals surface area contributed by atoms with Crippen LogP contribution in [0, 0.1) is 5.92 Å². The van der Waals surface area contributed by atoms with Crippen LogP contribution in [0.2, 0.25) is 0 Å². The van der Waals surface area contributed by atoms with Gasteiger partial charge in [-0.15, -0.1) is 11.3 Å². The van der Waals surface area contributed by atoms with Gasteiger partial charge in [0.05, 0.1) is 26.3 Å². The van der Waals surface area contributed by atoms with Crippen molar-refractivity contribution in [3.05, 3.63) is 29.3 Å². The first-order valence-corrected chi connectivity index (χ1v) is 11.0. The molecule has 3 rings (SSSR count). The molecule has 0 atom stereocenters. The number of rotatable bonds is 7. The zero-order valence-corrected chi connectivity index (χ0v) is 18.8. The number of hydrogen-bond acceptors (Lipinski definition) is 6. The third kappa shape index (κ3) is 5.30. The minimum Gasteiger partial charge on any atom is -0.493 e. The van der Waals surface area contributed by atoms with Gasteiger partial charge in [0, 0.05) is 36.0 Å². The number of piperidine rings is 1. The van der Waals surface area contributed by atoms with Crippen LogP contribution in [0.5, 0.6) is 11.5 Å². The summed E-state index contributed by atoms with van der Waals surface area (Å²) in [6.45, 7) is 5.23. The van der Waals surface area contributed by atoms with Crippen LogP contribution in [0.4, 0.5) is 0 Å². The summed E-state index contributed by atoms with van der Waals surface area (Å²) in [4.78, 5) is 31.1. The summed E-state index contributed by atoms with van der Waals surface area (Å²) >= 11 is 1.50. The van der Waals surface area contributed by atoms with Gasteiger partial charge in [-0.25, -0.2) is 4.98 Å². The Balaban J connectivity index is 1.54. The van der Waals surface area contributed by atoms with E-state index in [0.717, 1.165) is 29.1 Å². The molecule has 2 amide bonds. The first-order chi connectivity index (χ1) is 14.4. The Morgan fingerprint density at radius 3 is 2.53 bits per heavy atom. The number of aromatic nitrogens is 1. The lowest BCUT2D eigenvalue weighted by Crippen LogP contribution is -2.47. The van der Waals surface area contributed by atoms with Gasteiger partial charge in [0.2, 0.25) is 11.8 Å². The summed E-state index contributed by atoms with van der Waals surface area (Å²) in [5.74, 6) is 1.48. The highest BCUT2D eigenvalue weighted by Gasteiger charge is 2.25. The van der Waals surface area contributed by atoms with Gasteiger partial charge in [0.1, 0.15) is 5.01 Å². The molecular weight excluding hydrogens is 402 g/mol. The van der Waals surface area contributed by atoms with E-state index in [1.165, 1.54) is 11.3 Å². The van der Waals surface area contributed by atoms with E-state index >= 15 is 0 Å². The fourth-order valence-corrected chi connectivity index (χ4v) is 4.36. The van der Waals surface area contributed by atoms with Crippen LogP contribution in [0.25, 0.3) is 10.6 Å². The minimum atomic E-state index is -0.0344. The number of carbonyl (C=O) groups is 2. The number of hydrogen-bond donors (Lipinski definition) is 1. The van der Waals surface area contributed by atoms with Crippen LogP contribution < -0.4 is 14.8 Å². The van der Waals surface area contributed by atoms with Crippen LogP contribution in [-0.4, -0.2) is 55.0 Å². The summed E-state index contributed by atoms with van der Waals surface area (Å²) < 4.78 is 10.6. The van der Waals surface area contributed by atoms with Gasteiger partial charge >= 0.3 is 0 Å². The number of nitrogens with zero attached hydrogens (tertiary/aromatic N) is 2. The Morgan fingerprint density at radius 2 is 1.90 bits per heavy atom. The molecule has 162 valence electrons. The Bertz CT molecular complexity index is 888. The van der Waals surface area contributed by atoms with Crippen LogP contribution >= 0.6 is 11.3 Å². The van der Waals surface area contributed by atoms with Crippen molar-refractivity contribution < 1.29 is 19.1 Å². The van der Waals surface area contributed by atoms with Crippen molar-refractivity contribution in [2.24, 2.45) is 5.92 Å². The van der Waals surface area contributed by atoms with E-state index in [2.05, 4.69) is 10.3 Å². The van der Waals surface area contributed by atoms with E-state index in [1.54, 1.807) is 14.2 Å². The highest BCUT2D eigenvalue weighted by atomic mass is 32.1. The maximum atomic E-state index is 12.5. The smallest absolute Gasteiger partial charge is 0.226 e. The van der Waals surface area contributed by atoms with Gasteiger partial charge in [-0.2, -0.15) is 0 Å². The van der Waals surface area contributed by atoms with Crippen LogP contribution in [0.3, 0.4) is 0 Å². The molecule has 1 aromatic heterocycles. The van der Waals surface area contributed by atoms with E-state index in [4.69, 9.17) is 9.47 Å². The summed E-state index contributed by atoms with van der Waals surface area (Å²) in [5, 5.41) is 5.83. The maximum absolute atomic E-state index is 12.5. The fraction of sp³-hybridized carbons (Fsp3) is 0.500. The molecule has 0 spiro atoms. The van der Waals surface area contributed by atoms with E-state index in [1.807, 2.05) is 42.3 Å². The molecule has 1 saturated heterocycles. The molecule has 30 heavy (non-hydrogen) atoms. The molecule has 2 aromatic rings. The first-order valence-electron chi connectivity index (χ1n) is 10.2. The monoisotopic (exact) mass is 431 g/mol. The Morgan fingerprint density at radius 1 is 1.20 bits per heavy atom. The third-order valence-electron chi connectivity index (χ3n) is 5.19. The topological polar surface area (TPSA) is 80.8 Å². The maximum Gasteiger partial charge on any atom is 0.226 e. The van der Waals surface area contributed by atoms with Gasteiger partial charge in [-0.3, -0.25) is 9.59 Å². The molecule has 1 fully saturated rings. The lowest BCUT2D eigenvalue weighted by atomic mass is 10.0. The second kappa shape index (κ2) is 9.93. The lowest BCUT2D eigenvalue weighted by Gasteiger charge is -2.33. The molecular formula is C22H29N3O4S. The highest BCUT2D eigenvalue weighted by molar-refractivity contribution is 7.13. The lowest BCUT2D eigenvalue weighted by molar-refractivity contribution is -0.135. The normalized spacial score (nSPS) is 14.6. The fourth-order valence-electron chi connectivity index (χ4n) is 3.54. The number of likely N-dealkylation sites (tertiary alicyclic amines) is 1. The number of carbonyl (C=O) groups excluding carboxylic acids is 2. The van der Waals surface area contributed by atoms with E-state index < -0.39 is 0 Å². The molecule has 1 aliphatic rings. The van der Waals surface area contributed by atoms with Crippen LogP contribution in [0.15, 0.2) is 23.6 Å². The summed E-state index contributed by atoms with van der Waals surface area (Å²) in [6, 6.07) is 5.76. The number of methoxy groups -OCH3 is 2. The molecule has 0 radical (unpaired) electrons. The molecule has 8 heteroatoms. The largest absolute Gasteiger partial charge is 0.493 e. The Labute approximate surface area is 181 Å². The van der Waals surface area contributed by atoms with Crippen LogP contribution in [-0.2, 0) is 16.0 Å². The number of benzene rings is 1. The predicted octanol–water partition coefficient (Wildman–Crippen LogP) is 3.13. The van der Waals surface area contributed by atoms with Crippen molar-refractivity contribution in [1.29, 1.82) is 0 Å². The predicted molar refractivity (Wildman–Crippen MR) is 117 cm³/mol. The van der Waals surface area contributed by atoms with Gasteiger partial charge in [0.15, 0.2) is 11.5 Å². The average molecular weight is 432 g/mol. The van der Waals surface area contributed by atoms with E-state index in [-0.39, 0.29) is 30.2 Å². The number of thiazole rings is 1. The van der Waals surface area contributed by atoms with Gasteiger partial charge < -0.3 is 19.7 Å². The average Bonchev–Trinajstić information content (AvgIpc) is 3.21. The van der Waals surface area contributed by atoms with Crippen LogP contribution in [0.1, 0.15) is 32.4 Å². The molecule has 2 heterocycles. The molecule has 1 aliphatic heterocycles. The first kappa shape index (κ1) is 22.1. The highest BCUT2D eigenvalue weighted by Crippen LogP contribution is 2.33. The molecule has 7 nitrogen and oxygen atoms in total. The van der Waals surface area contributed by atoms with Gasteiger partial charge in [-0.05, 0) is 31.0 Å². The molecule has 0 aliphatic carbocycles.